The molecular weight excluding hydrogens is 319 g/mol. The average molecular weight is 331 g/mol. The normalized spacial score (nSPS) is 10.3. The maximum Gasteiger partial charge on any atom is 0.229 e. The van der Waals surface area contributed by atoms with E-state index in [9.17, 15) is 0 Å². The van der Waals surface area contributed by atoms with Gasteiger partial charge in [-0.2, -0.15) is 4.98 Å². The predicted molar refractivity (Wildman–Crippen MR) is 91.5 cm³/mol. The molecule has 0 atom stereocenters. The Morgan fingerprint density at radius 1 is 0.818 bits per heavy atom. The number of para-hydroxylation sites is 1. The van der Waals surface area contributed by atoms with Crippen LogP contribution in [-0.2, 0) is 0 Å². The molecule has 6 heteroatoms. The van der Waals surface area contributed by atoms with E-state index in [1.54, 1.807) is 18.3 Å². The third-order valence-corrected chi connectivity index (χ3v) is 3.72. The minimum atomic E-state index is 0.459. The van der Waals surface area contributed by atoms with E-state index in [-0.39, 0.29) is 0 Å². The molecule has 0 unspecified atom stereocenters. The molecule has 2 aromatic carbocycles. The lowest BCUT2D eigenvalue weighted by molar-refractivity contribution is 1.17. The first-order valence-electron chi connectivity index (χ1n) is 6.58. The first-order valence-corrected chi connectivity index (χ1v) is 7.34. The van der Waals surface area contributed by atoms with Crippen molar-refractivity contribution in [3.05, 3.63) is 70.8 Å². The average Bonchev–Trinajstić information content (AvgIpc) is 2.53. The van der Waals surface area contributed by atoms with Crippen LogP contribution in [0, 0.1) is 0 Å². The Bertz CT molecular complexity index is 778. The minimum Gasteiger partial charge on any atom is -0.339 e. The van der Waals surface area contributed by atoms with Gasteiger partial charge in [-0.15, -0.1) is 0 Å². The Hall–Kier alpha value is -2.30. The summed E-state index contributed by atoms with van der Waals surface area (Å²) in [6.45, 7) is 0. The second-order valence-corrected chi connectivity index (χ2v) is 5.27. The highest BCUT2D eigenvalue weighted by atomic mass is 35.5. The summed E-state index contributed by atoms with van der Waals surface area (Å²) in [6, 6.07) is 16.9. The first-order chi connectivity index (χ1) is 10.7. The molecule has 3 aromatic rings. The molecule has 110 valence electrons. The van der Waals surface area contributed by atoms with Crippen LogP contribution in [0.4, 0.5) is 23.1 Å². The minimum absolute atomic E-state index is 0.459. The maximum absolute atomic E-state index is 6.16. The summed E-state index contributed by atoms with van der Waals surface area (Å²) < 4.78 is 0. The number of halogens is 2. The summed E-state index contributed by atoms with van der Waals surface area (Å²) in [5.74, 6) is 1.12. The van der Waals surface area contributed by atoms with Crippen molar-refractivity contribution in [3.8, 4) is 0 Å². The van der Waals surface area contributed by atoms with E-state index in [0.29, 0.717) is 27.5 Å². The fraction of sp³-hybridized carbons (Fsp3) is 0. The van der Waals surface area contributed by atoms with Gasteiger partial charge in [0.1, 0.15) is 5.82 Å². The monoisotopic (exact) mass is 330 g/mol. The van der Waals surface area contributed by atoms with Gasteiger partial charge >= 0.3 is 0 Å². The predicted octanol–water partition coefficient (Wildman–Crippen LogP) is 5.27. The van der Waals surface area contributed by atoms with Gasteiger partial charge in [-0.3, -0.25) is 0 Å². The molecule has 0 saturated carbocycles. The van der Waals surface area contributed by atoms with Gasteiger partial charge in [-0.1, -0.05) is 47.5 Å². The highest BCUT2D eigenvalue weighted by molar-refractivity contribution is 6.43. The topological polar surface area (TPSA) is 49.8 Å². The van der Waals surface area contributed by atoms with Crippen molar-refractivity contribution in [2.45, 2.75) is 0 Å². The Morgan fingerprint density at radius 2 is 1.64 bits per heavy atom. The van der Waals surface area contributed by atoms with Crippen LogP contribution in [0.3, 0.4) is 0 Å². The first kappa shape index (κ1) is 14.6. The molecule has 0 saturated heterocycles. The van der Waals surface area contributed by atoms with Crippen LogP contribution >= 0.6 is 23.2 Å². The second-order valence-electron chi connectivity index (χ2n) is 4.48. The van der Waals surface area contributed by atoms with E-state index in [4.69, 9.17) is 23.2 Å². The van der Waals surface area contributed by atoms with Gasteiger partial charge in [0, 0.05) is 11.9 Å². The molecule has 4 nitrogen and oxygen atoms in total. The lowest BCUT2D eigenvalue weighted by Gasteiger charge is -2.10. The molecule has 0 aliphatic carbocycles. The van der Waals surface area contributed by atoms with Crippen LogP contribution in [0.1, 0.15) is 0 Å². The van der Waals surface area contributed by atoms with Crippen molar-refractivity contribution >= 4 is 46.3 Å². The van der Waals surface area contributed by atoms with Crippen LogP contribution in [0.2, 0.25) is 10.0 Å². The van der Waals surface area contributed by atoms with E-state index in [1.165, 1.54) is 0 Å². The third-order valence-electron chi connectivity index (χ3n) is 2.90. The highest BCUT2D eigenvalue weighted by Crippen LogP contribution is 2.31. The van der Waals surface area contributed by atoms with Gasteiger partial charge in [0.15, 0.2) is 0 Å². The number of anilines is 4. The molecule has 0 bridgehead atoms. The Balaban J connectivity index is 1.81. The van der Waals surface area contributed by atoms with Crippen LogP contribution in [0.5, 0.6) is 0 Å². The maximum atomic E-state index is 6.16. The molecule has 0 fully saturated rings. The highest BCUT2D eigenvalue weighted by Gasteiger charge is 2.06. The molecule has 0 radical (unpaired) electrons. The van der Waals surface area contributed by atoms with Gasteiger partial charge in [0.25, 0.3) is 0 Å². The SMILES string of the molecule is Clc1cccc(Nc2ccnc(Nc3ccccc3)n2)c1Cl. The third kappa shape index (κ3) is 3.47. The van der Waals surface area contributed by atoms with Crippen LogP contribution in [-0.4, -0.2) is 9.97 Å². The Labute approximate surface area is 138 Å². The zero-order valence-electron chi connectivity index (χ0n) is 11.4. The summed E-state index contributed by atoms with van der Waals surface area (Å²) in [6.07, 6.45) is 1.67. The summed E-state index contributed by atoms with van der Waals surface area (Å²) in [7, 11) is 0. The van der Waals surface area contributed by atoms with E-state index in [0.717, 1.165) is 5.69 Å². The fourth-order valence-corrected chi connectivity index (χ4v) is 2.23. The van der Waals surface area contributed by atoms with Gasteiger partial charge in [-0.05, 0) is 30.3 Å². The lowest BCUT2D eigenvalue weighted by atomic mass is 10.3. The van der Waals surface area contributed by atoms with Crippen molar-refractivity contribution in [2.75, 3.05) is 10.6 Å². The van der Waals surface area contributed by atoms with Crippen LogP contribution in [0.15, 0.2) is 60.8 Å². The fourth-order valence-electron chi connectivity index (χ4n) is 1.88. The molecule has 0 spiro atoms. The van der Waals surface area contributed by atoms with Crippen LogP contribution in [0.25, 0.3) is 0 Å². The van der Waals surface area contributed by atoms with Crippen molar-refractivity contribution in [2.24, 2.45) is 0 Å². The zero-order chi connectivity index (χ0) is 15.4. The number of nitrogens with one attached hydrogen (secondary N) is 2. The van der Waals surface area contributed by atoms with E-state index in [2.05, 4.69) is 20.6 Å². The van der Waals surface area contributed by atoms with Gasteiger partial charge in [-0.25, -0.2) is 4.98 Å². The quantitative estimate of drug-likeness (QED) is 0.684. The molecule has 3 rings (SSSR count). The number of aromatic nitrogens is 2. The van der Waals surface area contributed by atoms with Crippen molar-refractivity contribution in [3.63, 3.8) is 0 Å². The summed E-state index contributed by atoms with van der Waals surface area (Å²) in [5, 5.41) is 7.21. The number of hydrogen-bond acceptors (Lipinski definition) is 4. The van der Waals surface area contributed by atoms with Crippen molar-refractivity contribution in [1.82, 2.24) is 9.97 Å². The van der Waals surface area contributed by atoms with Crippen LogP contribution < -0.4 is 10.6 Å². The smallest absolute Gasteiger partial charge is 0.229 e. The molecule has 0 amide bonds. The molecule has 2 N–H and O–H groups in total. The van der Waals surface area contributed by atoms with E-state index >= 15 is 0 Å². The van der Waals surface area contributed by atoms with Gasteiger partial charge < -0.3 is 10.6 Å². The molecule has 0 aliphatic heterocycles. The Kier molecular flexibility index (Phi) is 4.42. The van der Waals surface area contributed by atoms with Gasteiger partial charge in [0.2, 0.25) is 5.95 Å². The second kappa shape index (κ2) is 6.64. The summed E-state index contributed by atoms with van der Waals surface area (Å²) >= 11 is 12.2. The number of hydrogen-bond donors (Lipinski definition) is 2. The van der Waals surface area contributed by atoms with E-state index in [1.807, 2.05) is 42.5 Å². The number of nitrogens with zero attached hydrogens (tertiary/aromatic N) is 2. The van der Waals surface area contributed by atoms with E-state index < -0.39 is 0 Å². The lowest BCUT2D eigenvalue weighted by Crippen LogP contribution is -2.00. The number of benzene rings is 2. The molecule has 1 aromatic heterocycles. The summed E-state index contributed by atoms with van der Waals surface area (Å²) in [4.78, 5) is 8.59. The standard InChI is InChI=1S/C16H12Cl2N4/c17-12-7-4-8-13(15(12)18)21-14-9-10-19-16(22-14)20-11-5-2-1-3-6-11/h1-10H,(H2,19,20,21,22). The molecule has 22 heavy (non-hydrogen) atoms. The summed E-state index contributed by atoms with van der Waals surface area (Å²) in [5.41, 5.74) is 1.61. The molecule has 0 aliphatic rings. The van der Waals surface area contributed by atoms with Crippen molar-refractivity contribution in [1.29, 1.82) is 0 Å². The zero-order valence-corrected chi connectivity index (χ0v) is 12.9. The van der Waals surface area contributed by atoms with Crippen molar-refractivity contribution < 1.29 is 0 Å². The largest absolute Gasteiger partial charge is 0.339 e. The molecule has 1 heterocycles. The Morgan fingerprint density at radius 3 is 2.45 bits per heavy atom. The van der Waals surface area contributed by atoms with Gasteiger partial charge in [0.05, 0.1) is 15.7 Å². The number of rotatable bonds is 4. The molecular formula is C16H12Cl2N4.